The van der Waals surface area contributed by atoms with Crippen molar-refractivity contribution in [3.63, 3.8) is 0 Å². The standard InChI is InChI=1S/C22H31N3O6/c1-21(2,3)31-20(28)23-17-11-7-8-12-22(17,4)19(27)25-24-18(26)16-13-29-14-9-5-6-10-15(14)30-16/h5-6,9-10,16-17H,7-8,11-13H2,1-4H3,(H,23,28)(H,24,26)(H,25,27). The molecule has 0 spiro atoms. The summed E-state index contributed by atoms with van der Waals surface area (Å²) in [4.78, 5) is 37.7. The largest absolute Gasteiger partial charge is 0.485 e. The third kappa shape index (κ3) is 5.59. The predicted octanol–water partition coefficient (Wildman–Crippen LogP) is 2.45. The van der Waals surface area contributed by atoms with E-state index < -0.39 is 35.2 Å². The number of fused-ring (bicyclic) bond motifs is 1. The molecule has 31 heavy (non-hydrogen) atoms. The molecule has 1 saturated carbocycles. The van der Waals surface area contributed by atoms with Gasteiger partial charge in [0.1, 0.15) is 12.2 Å². The fourth-order valence-electron chi connectivity index (χ4n) is 3.78. The molecule has 0 aromatic heterocycles. The summed E-state index contributed by atoms with van der Waals surface area (Å²) in [6.45, 7) is 7.17. The lowest BCUT2D eigenvalue weighted by Crippen LogP contribution is -2.60. The molecule has 1 aromatic rings. The van der Waals surface area contributed by atoms with Crippen LogP contribution in [0.25, 0.3) is 0 Å². The number of nitrogens with one attached hydrogen (secondary N) is 3. The smallest absolute Gasteiger partial charge is 0.407 e. The van der Waals surface area contributed by atoms with Crippen LogP contribution in [0.4, 0.5) is 4.79 Å². The van der Waals surface area contributed by atoms with Crippen molar-refractivity contribution in [2.24, 2.45) is 5.41 Å². The van der Waals surface area contributed by atoms with Crippen molar-refractivity contribution in [2.45, 2.75) is 71.1 Å². The molecular weight excluding hydrogens is 402 g/mol. The van der Waals surface area contributed by atoms with Gasteiger partial charge >= 0.3 is 6.09 Å². The quantitative estimate of drug-likeness (QED) is 0.631. The van der Waals surface area contributed by atoms with E-state index in [1.165, 1.54) is 0 Å². The van der Waals surface area contributed by atoms with Crippen molar-refractivity contribution >= 4 is 17.9 Å². The number of benzene rings is 1. The van der Waals surface area contributed by atoms with E-state index in [1.807, 2.05) is 6.07 Å². The maximum absolute atomic E-state index is 13.0. The van der Waals surface area contributed by atoms with Crippen LogP contribution in [0.3, 0.4) is 0 Å². The van der Waals surface area contributed by atoms with Crippen LogP contribution in [0, 0.1) is 5.41 Å². The average molecular weight is 434 g/mol. The Morgan fingerprint density at radius 2 is 1.81 bits per heavy atom. The summed E-state index contributed by atoms with van der Waals surface area (Å²) in [6, 6.07) is 6.66. The highest BCUT2D eigenvalue weighted by atomic mass is 16.6. The van der Waals surface area contributed by atoms with Crippen LogP contribution in [0.15, 0.2) is 24.3 Å². The van der Waals surface area contributed by atoms with E-state index in [2.05, 4.69) is 16.2 Å². The van der Waals surface area contributed by atoms with E-state index >= 15 is 0 Å². The molecule has 9 heteroatoms. The van der Waals surface area contributed by atoms with E-state index in [0.717, 1.165) is 12.8 Å². The Morgan fingerprint density at radius 1 is 1.10 bits per heavy atom. The highest BCUT2D eigenvalue weighted by Gasteiger charge is 2.44. The minimum Gasteiger partial charge on any atom is -0.485 e. The first kappa shape index (κ1) is 22.7. The van der Waals surface area contributed by atoms with Gasteiger partial charge in [0.2, 0.25) is 12.0 Å². The van der Waals surface area contributed by atoms with Gasteiger partial charge in [-0.05, 0) is 52.7 Å². The zero-order valence-corrected chi connectivity index (χ0v) is 18.4. The second kappa shape index (κ2) is 9.03. The Hall–Kier alpha value is -2.97. The summed E-state index contributed by atoms with van der Waals surface area (Å²) in [7, 11) is 0. The van der Waals surface area contributed by atoms with Crippen LogP contribution in [-0.2, 0) is 14.3 Å². The van der Waals surface area contributed by atoms with Gasteiger partial charge in [0.15, 0.2) is 11.5 Å². The Bertz CT molecular complexity index is 837. The summed E-state index contributed by atoms with van der Waals surface area (Å²) in [5.41, 5.74) is 3.41. The van der Waals surface area contributed by atoms with Gasteiger partial charge in [0.05, 0.1) is 5.41 Å². The van der Waals surface area contributed by atoms with Gasteiger partial charge in [-0.3, -0.25) is 20.4 Å². The number of rotatable bonds is 3. The van der Waals surface area contributed by atoms with Crippen molar-refractivity contribution in [3.05, 3.63) is 24.3 Å². The number of hydrogen-bond donors (Lipinski definition) is 3. The van der Waals surface area contributed by atoms with Gasteiger partial charge < -0.3 is 19.5 Å². The molecule has 1 heterocycles. The zero-order chi connectivity index (χ0) is 22.6. The monoisotopic (exact) mass is 433 g/mol. The van der Waals surface area contributed by atoms with E-state index in [-0.39, 0.29) is 12.5 Å². The van der Waals surface area contributed by atoms with Crippen molar-refractivity contribution < 1.29 is 28.6 Å². The van der Waals surface area contributed by atoms with Crippen molar-refractivity contribution in [1.29, 1.82) is 0 Å². The lowest BCUT2D eigenvalue weighted by Gasteiger charge is -2.40. The number of carbonyl (C=O) groups excluding carboxylic acids is 3. The average Bonchev–Trinajstić information content (AvgIpc) is 2.71. The topological polar surface area (TPSA) is 115 Å². The molecule has 3 atom stereocenters. The maximum atomic E-state index is 13.0. The Labute approximate surface area is 182 Å². The first-order valence-electron chi connectivity index (χ1n) is 10.6. The van der Waals surface area contributed by atoms with Crippen LogP contribution in [0.2, 0.25) is 0 Å². The van der Waals surface area contributed by atoms with Crippen LogP contribution < -0.4 is 25.6 Å². The normalized spacial score (nSPS) is 25.2. The summed E-state index contributed by atoms with van der Waals surface area (Å²) in [5.74, 6) is 0.153. The molecule has 1 aromatic carbocycles. The molecule has 0 saturated heterocycles. The number of hydrazine groups is 1. The molecule has 1 aliphatic carbocycles. The first-order valence-corrected chi connectivity index (χ1v) is 10.6. The molecule has 0 radical (unpaired) electrons. The van der Waals surface area contributed by atoms with Gasteiger partial charge in [-0.15, -0.1) is 0 Å². The van der Waals surface area contributed by atoms with Crippen molar-refractivity contribution in [2.75, 3.05) is 6.61 Å². The molecular formula is C22H31N3O6. The number of ether oxygens (including phenoxy) is 3. The van der Waals surface area contributed by atoms with E-state index in [4.69, 9.17) is 14.2 Å². The van der Waals surface area contributed by atoms with Gasteiger partial charge in [-0.2, -0.15) is 0 Å². The lowest BCUT2D eigenvalue weighted by atomic mass is 9.71. The summed E-state index contributed by atoms with van der Waals surface area (Å²) in [6.07, 6.45) is 1.52. The third-order valence-electron chi connectivity index (χ3n) is 5.52. The highest BCUT2D eigenvalue weighted by molar-refractivity contribution is 5.88. The fraction of sp³-hybridized carbons (Fsp3) is 0.591. The molecule has 3 rings (SSSR count). The van der Waals surface area contributed by atoms with E-state index in [0.29, 0.717) is 24.3 Å². The van der Waals surface area contributed by atoms with E-state index in [9.17, 15) is 14.4 Å². The molecule has 3 unspecified atom stereocenters. The molecule has 9 nitrogen and oxygen atoms in total. The predicted molar refractivity (Wildman–Crippen MR) is 112 cm³/mol. The van der Waals surface area contributed by atoms with Crippen LogP contribution in [0.1, 0.15) is 53.4 Å². The number of carbonyl (C=O) groups is 3. The highest BCUT2D eigenvalue weighted by Crippen LogP contribution is 2.36. The van der Waals surface area contributed by atoms with Crippen molar-refractivity contribution in [1.82, 2.24) is 16.2 Å². The molecule has 3 N–H and O–H groups in total. The number of para-hydroxylation sites is 2. The SMILES string of the molecule is CC(C)(C)OC(=O)NC1CCCCC1(C)C(=O)NNC(=O)C1COc2ccccc2O1. The van der Waals surface area contributed by atoms with Gasteiger partial charge in [0, 0.05) is 6.04 Å². The van der Waals surface area contributed by atoms with Crippen LogP contribution >= 0.6 is 0 Å². The maximum Gasteiger partial charge on any atom is 0.407 e. The number of hydrogen-bond acceptors (Lipinski definition) is 6. The lowest BCUT2D eigenvalue weighted by molar-refractivity contribution is -0.140. The number of amides is 3. The fourth-order valence-corrected chi connectivity index (χ4v) is 3.78. The van der Waals surface area contributed by atoms with E-state index in [1.54, 1.807) is 45.9 Å². The van der Waals surface area contributed by atoms with Gasteiger partial charge in [-0.25, -0.2) is 4.79 Å². The summed E-state index contributed by atoms with van der Waals surface area (Å²) >= 11 is 0. The van der Waals surface area contributed by atoms with Crippen molar-refractivity contribution in [3.8, 4) is 11.5 Å². The molecule has 2 aliphatic rings. The third-order valence-corrected chi connectivity index (χ3v) is 5.52. The first-order chi connectivity index (χ1) is 14.6. The molecule has 3 amide bonds. The second-order valence-corrected chi connectivity index (χ2v) is 9.17. The summed E-state index contributed by atoms with van der Waals surface area (Å²) < 4.78 is 16.5. The molecule has 170 valence electrons. The number of alkyl carbamates (subject to hydrolysis) is 1. The van der Waals surface area contributed by atoms with Crippen LogP contribution in [0.5, 0.6) is 11.5 Å². The minimum atomic E-state index is -0.890. The molecule has 1 aliphatic heterocycles. The molecule has 0 bridgehead atoms. The zero-order valence-electron chi connectivity index (χ0n) is 18.4. The van der Waals surface area contributed by atoms with Gasteiger partial charge in [0.25, 0.3) is 5.91 Å². The summed E-state index contributed by atoms with van der Waals surface area (Å²) in [5, 5.41) is 2.83. The molecule has 1 fully saturated rings. The minimum absolute atomic E-state index is 0.0405. The second-order valence-electron chi connectivity index (χ2n) is 9.17. The Balaban J connectivity index is 1.57. The van der Waals surface area contributed by atoms with Gasteiger partial charge in [-0.1, -0.05) is 25.0 Å². The Kier molecular flexibility index (Phi) is 6.62. The Morgan fingerprint density at radius 3 is 2.52 bits per heavy atom. The van der Waals surface area contributed by atoms with Crippen LogP contribution in [-0.4, -0.2) is 42.3 Å².